The van der Waals surface area contributed by atoms with Crippen molar-refractivity contribution in [3.05, 3.63) is 11.3 Å². The number of aliphatic hydroxyl groups is 1. The molecule has 0 aromatic rings. The number of hydrogen-bond acceptors (Lipinski definition) is 3. The zero-order chi connectivity index (χ0) is 24.3. The van der Waals surface area contributed by atoms with E-state index in [9.17, 15) is 9.90 Å². The highest BCUT2D eigenvalue weighted by Gasteiger charge is 2.60. The Bertz CT molecular complexity index is 817. The number of fused-ring (bicyclic) bond motifs is 5. The van der Waals surface area contributed by atoms with Gasteiger partial charge in [-0.25, -0.2) is 0 Å². The van der Waals surface area contributed by atoms with E-state index in [4.69, 9.17) is 5.73 Å². The van der Waals surface area contributed by atoms with Gasteiger partial charge in [0, 0.05) is 13.1 Å². The minimum absolute atomic E-state index is 0.0608. The van der Waals surface area contributed by atoms with Crippen LogP contribution < -0.4 is 5.73 Å². The standard InChI is InChI=1S/C30H50N2O2/c1-19(20(2)27(28(31)34)32-16-6-5-7-17-32)24-10-11-25-23-9-8-21-18-22(33)12-14-29(21,3)26(23)13-15-30(24,25)4/h19,21-26,33H,5-18H2,1-4H3,(H2,31,34)/t19-,21?,22+,23+,24-,25+,26+,29+,30-/m1/s1. The first kappa shape index (κ1) is 24.7. The van der Waals surface area contributed by atoms with Gasteiger partial charge in [-0.1, -0.05) is 20.8 Å². The number of rotatable bonds is 4. The van der Waals surface area contributed by atoms with E-state index in [1.165, 1.54) is 69.8 Å². The molecule has 1 saturated heterocycles. The molecule has 0 bridgehead atoms. The second kappa shape index (κ2) is 9.12. The van der Waals surface area contributed by atoms with Crippen molar-refractivity contribution in [1.29, 1.82) is 0 Å². The zero-order valence-corrected chi connectivity index (χ0v) is 22.3. The molecule has 5 rings (SSSR count). The van der Waals surface area contributed by atoms with Crippen LogP contribution in [0.25, 0.3) is 0 Å². The summed E-state index contributed by atoms with van der Waals surface area (Å²) in [4.78, 5) is 14.9. The van der Waals surface area contributed by atoms with Gasteiger partial charge in [0.1, 0.15) is 5.70 Å². The third kappa shape index (κ3) is 3.85. The molecule has 1 amide bonds. The molecule has 5 aliphatic rings. The molecule has 5 fully saturated rings. The zero-order valence-electron chi connectivity index (χ0n) is 22.3. The van der Waals surface area contributed by atoms with Crippen LogP contribution in [0.2, 0.25) is 0 Å². The van der Waals surface area contributed by atoms with Gasteiger partial charge in [-0.2, -0.15) is 0 Å². The van der Waals surface area contributed by atoms with E-state index in [1.807, 2.05) is 0 Å². The number of allylic oxidation sites excluding steroid dienone is 1. The van der Waals surface area contributed by atoms with E-state index < -0.39 is 0 Å². The third-order valence-electron chi connectivity index (χ3n) is 12.3. The van der Waals surface area contributed by atoms with Crippen LogP contribution in [0, 0.1) is 46.3 Å². The maximum absolute atomic E-state index is 12.6. The second-order valence-electron chi connectivity index (χ2n) is 13.5. The predicted octanol–water partition coefficient (Wildman–Crippen LogP) is 5.89. The van der Waals surface area contributed by atoms with E-state index in [1.54, 1.807) is 0 Å². The van der Waals surface area contributed by atoms with Crippen LogP contribution >= 0.6 is 0 Å². The highest BCUT2D eigenvalue weighted by molar-refractivity contribution is 5.92. The first-order valence-electron chi connectivity index (χ1n) is 14.6. The van der Waals surface area contributed by atoms with Crippen molar-refractivity contribution < 1.29 is 9.90 Å². The molecule has 9 atom stereocenters. The molecule has 1 aliphatic heterocycles. The summed E-state index contributed by atoms with van der Waals surface area (Å²) >= 11 is 0. The molecule has 192 valence electrons. The third-order valence-corrected chi connectivity index (χ3v) is 12.3. The second-order valence-corrected chi connectivity index (χ2v) is 13.5. The Morgan fingerprint density at radius 2 is 1.62 bits per heavy atom. The molecular weight excluding hydrogens is 420 g/mol. The number of amides is 1. The smallest absolute Gasteiger partial charge is 0.264 e. The van der Waals surface area contributed by atoms with Crippen LogP contribution in [0.4, 0.5) is 0 Å². The average molecular weight is 471 g/mol. The Kier molecular flexibility index (Phi) is 6.62. The summed E-state index contributed by atoms with van der Waals surface area (Å²) < 4.78 is 0. The molecule has 0 aromatic carbocycles. The van der Waals surface area contributed by atoms with Gasteiger partial charge in [0.05, 0.1) is 6.10 Å². The van der Waals surface area contributed by atoms with Gasteiger partial charge in [0.2, 0.25) is 0 Å². The Labute approximate surface area is 208 Å². The topological polar surface area (TPSA) is 66.6 Å². The highest BCUT2D eigenvalue weighted by Crippen LogP contribution is 2.68. The van der Waals surface area contributed by atoms with Crippen LogP contribution in [-0.4, -0.2) is 35.1 Å². The number of nitrogens with zero attached hydrogens (tertiary/aromatic N) is 1. The molecule has 4 aliphatic carbocycles. The summed E-state index contributed by atoms with van der Waals surface area (Å²) in [6.45, 7) is 11.8. The number of nitrogens with two attached hydrogens (primary N) is 1. The van der Waals surface area contributed by atoms with Gasteiger partial charge in [-0.3, -0.25) is 4.79 Å². The SMILES string of the molecule is CC(=C(C(N)=O)N1CCCCC1)[C@@H](C)[C@H]1CC[C@H]2[C@@H]3CCC4C[C@@H](O)CC[C@]4(C)[C@H]3CC[C@]12C. The number of aliphatic hydroxyl groups excluding tert-OH is 1. The van der Waals surface area contributed by atoms with E-state index in [2.05, 4.69) is 32.6 Å². The molecule has 0 aromatic heterocycles. The van der Waals surface area contributed by atoms with Crippen LogP contribution in [0.15, 0.2) is 11.3 Å². The van der Waals surface area contributed by atoms with Crippen molar-refractivity contribution in [2.75, 3.05) is 13.1 Å². The van der Waals surface area contributed by atoms with Crippen LogP contribution in [0.5, 0.6) is 0 Å². The van der Waals surface area contributed by atoms with Crippen molar-refractivity contribution in [3.63, 3.8) is 0 Å². The minimum atomic E-state index is -0.222. The van der Waals surface area contributed by atoms with Gasteiger partial charge in [-0.15, -0.1) is 0 Å². The summed E-state index contributed by atoms with van der Waals surface area (Å²) in [5, 5.41) is 10.3. The Morgan fingerprint density at radius 1 is 0.941 bits per heavy atom. The molecule has 3 N–H and O–H groups in total. The van der Waals surface area contributed by atoms with Crippen molar-refractivity contribution in [1.82, 2.24) is 4.90 Å². The highest BCUT2D eigenvalue weighted by atomic mass is 16.3. The quantitative estimate of drug-likeness (QED) is 0.504. The van der Waals surface area contributed by atoms with Gasteiger partial charge < -0.3 is 15.7 Å². The number of likely N-dealkylation sites (tertiary alicyclic amines) is 1. The Hall–Kier alpha value is -1.03. The fourth-order valence-electron chi connectivity index (χ4n) is 10.3. The molecule has 34 heavy (non-hydrogen) atoms. The van der Waals surface area contributed by atoms with E-state index >= 15 is 0 Å². The predicted molar refractivity (Wildman–Crippen MR) is 138 cm³/mol. The van der Waals surface area contributed by atoms with Gasteiger partial charge in [0.25, 0.3) is 5.91 Å². The first-order chi connectivity index (χ1) is 16.2. The number of piperidine rings is 1. The molecule has 4 nitrogen and oxygen atoms in total. The Balaban J connectivity index is 1.38. The molecule has 1 unspecified atom stereocenters. The summed E-state index contributed by atoms with van der Waals surface area (Å²) in [5.74, 6) is 4.09. The first-order valence-corrected chi connectivity index (χ1v) is 14.6. The monoisotopic (exact) mass is 470 g/mol. The van der Waals surface area contributed by atoms with E-state index in [0.717, 1.165) is 55.3 Å². The van der Waals surface area contributed by atoms with Gasteiger partial charge >= 0.3 is 0 Å². The largest absolute Gasteiger partial charge is 0.393 e. The van der Waals surface area contributed by atoms with E-state index in [-0.39, 0.29) is 12.0 Å². The van der Waals surface area contributed by atoms with Crippen LogP contribution in [-0.2, 0) is 4.79 Å². The molecule has 4 heteroatoms. The lowest BCUT2D eigenvalue weighted by Crippen LogP contribution is -2.54. The molecule has 0 radical (unpaired) electrons. The Morgan fingerprint density at radius 3 is 2.32 bits per heavy atom. The van der Waals surface area contributed by atoms with Gasteiger partial charge in [0.15, 0.2) is 0 Å². The molecule has 4 saturated carbocycles. The van der Waals surface area contributed by atoms with E-state index in [0.29, 0.717) is 22.7 Å². The van der Waals surface area contributed by atoms with Crippen molar-refractivity contribution in [2.24, 2.45) is 52.1 Å². The molecular formula is C30H50N2O2. The number of primary amides is 1. The number of carbonyl (C=O) groups excluding carboxylic acids is 1. The van der Waals surface area contributed by atoms with Gasteiger partial charge in [-0.05, 0) is 136 Å². The lowest BCUT2D eigenvalue weighted by Gasteiger charge is -2.61. The number of hydrogen-bond donors (Lipinski definition) is 2. The molecule has 0 spiro atoms. The number of carbonyl (C=O) groups is 1. The minimum Gasteiger partial charge on any atom is -0.393 e. The normalized spacial score (nSPS) is 46.1. The van der Waals surface area contributed by atoms with Crippen molar-refractivity contribution in [2.45, 2.75) is 111 Å². The van der Waals surface area contributed by atoms with Crippen molar-refractivity contribution >= 4 is 5.91 Å². The van der Waals surface area contributed by atoms with Crippen LogP contribution in [0.3, 0.4) is 0 Å². The maximum atomic E-state index is 12.6. The van der Waals surface area contributed by atoms with Crippen molar-refractivity contribution in [3.8, 4) is 0 Å². The van der Waals surface area contributed by atoms with Crippen LogP contribution in [0.1, 0.15) is 105 Å². The fourth-order valence-corrected chi connectivity index (χ4v) is 10.3. The summed E-state index contributed by atoms with van der Waals surface area (Å²) in [6.07, 6.45) is 14.9. The maximum Gasteiger partial charge on any atom is 0.264 e. The molecule has 1 heterocycles. The summed E-state index contributed by atoms with van der Waals surface area (Å²) in [5.41, 5.74) is 8.89. The average Bonchev–Trinajstić information content (AvgIpc) is 3.16. The summed E-state index contributed by atoms with van der Waals surface area (Å²) in [6, 6.07) is 0. The lowest BCUT2D eigenvalue weighted by atomic mass is 9.44. The lowest BCUT2D eigenvalue weighted by molar-refractivity contribution is -0.128. The fraction of sp³-hybridized carbons (Fsp3) is 0.900. The summed E-state index contributed by atoms with van der Waals surface area (Å²) in [7, 11) is 0.